The molecule has 0 saturated carbocycles. The van der Waals surface area contributed by atoms with Crippen molar-refractivity contribution in [3.8, 4) is 28.5 Å². The predicted molar refractivity (Wildman–Crippen MR) is 115 cm³/mol. The van der Waals surface area contributed by atoms with Gasteiger partial charge in [0.05, 0.1) is 6.61 Å². The molecule has 4 nitrogen and oxygen atoms in total. The number of oxazole rings is 1. The average molecular weight is 475 g/mol. The van der Waals surface area contributed by atoms with E-state index in [1.165, 1.54) is 19.3 Å². The second kappa shape index (κ2) is 9.69. The highest BCUT2D eigenvalue weighted by Crippen LogP contribution is 2.26. The number of ether oxygens (including phenoxy) is 1. The van der Waals surface area contributed by atoms with E-state index in [4.69, 9.17) is 9.15 Å². The van der Waals surface area contributed by atoms with E-state index in [0.717, 1.165) is 35.6 Å². The third-order valence-corrected chi connectivity index (χ3v) is 4.90. The van der Waals surface area contributed by atoms with Crippen LogP contribution in [0.2, 0.25) is 0 Å². The van der Waals surface area contributed by atoms with E-state index in [-0.39, 0.29) is 3.79 Å². The van der Waals surface area contributed by atoms with Crippen molar-refractivity contribution in [2.24, 2.45) is 0 Å². The minimum Gasteiger partial charge on any atom is -0.494 e. The van der Waals surface area contributed by atoms with Crippen LogP contribution in [0.3, 0.4) is 0 Å². The van der Waals surface area contributed by atoms with Crippen LogP contribution in [0, 0.1) is 0 Å². The summed E-state index contributed by atoms with van der Waals surface area (Å²) in [7, 11) is 0. The molecule has 0 unspecified atom stereocenters. The van der Waals surface area contributed by atoms with Crippen LogP contribution in [0.15, 0.2) is 59.2 Å². The standard InChI is InChI=1S/C22H22INO3/c1-2-3-4-5-14-26-19-12-10-16(11-13-19)20-15-27-22(24-20)18-8-6-17(7-9-18)21(23)25/h6-13,15H,2-5,14H2,1H3. The zero-order valence-electron chi connectivity index (χ0n) is 15.3. The van der Waals surface area contributed by atoms with Gasteiger partial charge in [0.2, 0.25) is 9.68 Å². The van der Waals surface area contributed by atoms with Crippen LogP contribution in [0.1, 0.15) is 43.0 Å². The third kappa shape index (κ3) is 5.42. The Kier molecular flexibility index (Phi) is 7.04. The maximum Gasteiger partial charge on any atom is 0.226 e. The fourth-order valence-corrected chi connectivity index (χ4v) is 3.08. The molecule has 0 amide bonds. The summed E-state index contributed by atoms with van der Waals surface area (Å²) in [6, 6.07) is 15.1. The number of carbonyl (C=O) groups is 1. The maximum atomic E-state index is 11.4. The molecule has 0 aliphatic heterocycles. The van der Waals surface area contributed by atoms with E-state index in [1.54, 1.807) is 41.0 Å². The molecule has 140 valence electrons. The van der Waals surface area contributed by atoms with Gasteiger partial charge in [-0.15, -0.1) is 0 Å². The van der Waals surface area contributed by atoms with Crippen LogP contribution >= 0.6 is 22.6 Å². The molecule has 0 N–H and O–H groups in total. The highest BCUT2D eigenvalue weighted by atomic mass is 127. The lowest BCUT2D eigenvalue weighted by Gasteiger charge is -2.06. The Labute approximate surface area is 173 Å². The van der Waals surface area contributed by atoms with Crippen molar-refractivity contribution < 1.29 is 13.9 Å². The molecule has 1 heterocycles. The molecule has 3 rings (SSSR count). The fourth-order valence-electron chi connectivity index (χ4n) is 2.72. The molecule has 0 saturated heterocycles. The van der Waals surface area contributed by atoms with Crippen LogP contribution < -0.4 is 4.74 Å². The van der Waals surface area contributed by atoms with Gasteiger partial charge < -0.3 is 9.15 Å². The van der Waals surface area contributed by atoms with Crippen molar-refractivity contribution in [1.29, 1.82) is 0 Å². The predicted octanol–water partition coefficient (Wildman–Crippen LogP) is 6.54. The number of benzene rings is 2. The van der Waals surface area contributed by atoms with Crippen molar-refractivity contribution in [3.05, 3.63) is 60.4 Å². The summed E-state index contributed by atoms with van der Waals surface area (Å²) >= 11 is 1.77. The van der Waals surface area contributed by atoms with Crippen LogP contribution in [0.5, 0.6) is 5.75 Å². The van der Waals surface area contributed by atoms with Crippen molar-refractivity contribution in [2.45, 2.75) is 32.6 Å². The number of unbranched alkanes of at least 4 members (excludes halogenated alkanes) is 3. The van der Waals surface area contributed by atoms with Gasteiger partial charge in [-0.05, 0) is 55.0 Å². The molecule has 0 fully saturated rings. The second-order valence-corrected chi connectivity index (χ2v) is 7.30. The molecule has 5 heteroatoms. The minimum absolute atomic E-state index is 0.0138. The molecule has 0 spiro atoms. The van der Waals surface area contributed by atoms with Gasteiger partial charge in [0.1, 0.15) is 17.7 Å². The summed E-state index contributed by atoms with van der Waals surface area (Å²) in [5, 5.41) is 0. The van der Waals surface area contributed by atoms with Gasteiger partial charge in [-0.1, -0.05) is 26.2 Å². The Morgan fingerprint density at radius 2 is 1.70 bits per heavy atom. The van der Waals surface area contributed by atoms with Gasteiger partial charge in [-0.3, -0.25) is 4.79 Å². The first-order valence-electron chi connectivity index (χ1n) is 9.16. The number of hydrogen-bond acceptors (Lipinski definition) is 4. The van der Waals surface area contributed by atoms with Crippen LogP contribution in [-0.4, -0.2) is 15.4 Å². The first kappa shape index (κ1) is 19.6. The summed E-state index contributed by atoms with van der Waals surface area (Å²) in [6.07, 6.45) is 6.43. The zero-order chi connectivity index (χ0) is 19.1. The minimum atomic E-state index is 0.0138. The Morgan fingerprint density at radius 1 is 1.00 bits per heavy atom. The summed E-state index contributed by atoms with van der Waals surface area (Å²) in [6.45, 7) is 2.96. The third-order valence-electron chi connectivity index (χ3n) is 4.28. The van der Waals surface area contributed by atoms with E-state index in [9.17, 15) is 4.79 Å². The average Bonchev–Trinajstić information content (AvgIpc) is 3.18. The first-order valence-corrected chi connectivity index (χ1v) is 10.2. The number of hydrogen-bond donors (Lipinski definition) is 0. The number of halogens is 1. The smallest absolute Gasteiger partial charge is 0.226 e. The second-order valence-electron chi connectivity index (χ2n) is 6.32. The SMILES string of the molecule is CCCCCCOc1ccc(-c2coc(-c3ccc(C(=O)I)cc3)n2)cc1. The van der Waals surface area contributed by atoms with Gasteiger partial charge >= 0.3 is 0 Å². The van der Waals surface area contributed by atoms with Crippen molar-refractivity contribution in [1.82, 2.24) is 4.98 Å². The first-order chi connectivity index (χ1) is 13.2. The van der Waals surface area contributed by atoms with E-state index < -0.39 is 0 Å². The van der Waals surface area contributed by atoms with Gasteiger partial charge in [0.25, 0.3) is 0 Å². The summed E-state index contributed by atoms with van der Waals surface area (Å²) < 4.78 is 11.4. The van der Waals surface area contributed by atoms with Gasteiger partial charge in [0.15, 0.2) is 0 Å². The summed E-state index contributed by atoms with van der Waals surface area (Å²) in [4.78, 5) is 15.9. The molecule has 0 aliphatic carbocycles. The largest absolute Gasteiger partial charge is 0.494 e. The lowest BCUT2D eigenvalue weighted by molar-refractivity contribution is 0.110. The highest BCUT2D eigenvalue weighted by molar-refractivity contribution is 14.1. The topological polar surface area (TPSA) is 52.3 Å². The Morgan fingerprint density at radius 3 is 2.37 bits per heavy atom. The highest BCUT2D eigenvalue weighted by Gasteiger charge is 2.10. The Hall–Kier alpha value is -2.15. The van der Waals surface area contributed by atoms with Gasteiger partial charge in [-0.2, -0.15) is 0 Å². The van der Waals surface area contributed by atoms with Crippen LogP contribution in [-0.2, 0) is 0 Å². The zero-order valence-corrected chi connectivity index (χ0v) is 17.4. The van der Waals surface area contributed by atoms with Gasteiger partial charge in [-0.25, -0.2) is 4.98 Å². The Bertz CT molecular complexity index is 869. The van der Waals surface area contributed by atoms with Crippen molar-refractivity contribution in [3.63, 3.8) is 0 Å². The Balaban J connectivity index is 1.63. The molecule has 3 aromatic rings. The number of aromatic nitrogens is 1. The molecular weight excluding hydrogens is 453 g/mol. The maximum absolute atomic E-state index is 11.4. The molecule has 2 aromatic carbocycles. The van der Waals surface area contributed by atoms with E-state index in [0.29, 0.717) is 11.5 Å². The molecule has 0 bridgehead atoms. The summed E-state index contributed by atoms with van der Waals surface area (Å²) in [5.41, 5.74) is 3.25. The van der Waals surface area contributed by atoms with Crippen LogP contribution in [0.4, 0.5) is 0 Å². The van der Waals surface area contributed by atoms with Crippen molar-refractivity contribution >= 4 is 26.4 Å². The molecule has 0 radical (unpaired) electrons. The lowest BCUT2D eigenvalue weighted by atomic mass is 10.1. The van der Waals surface area contributed by atoms with E-state index in [1.807, 2.05) is 36.4 Å². The molecule has 27 heavy (non-hydrogen) atoms. The van der Waals surface area contributed by atoms with Gasteiger partial charge in [0, 0.05) is 39.3 Å². The fraction of sp³-hybridized carbons (Fsp3) is 0.273. The van der Waals surface area contributed by atoms with E-state index >= 15 is 0 Å². The van der Waals surface area contributed by atoms with E-state index in [2.05, 4.69) is 11.9 Å². The quantitative estimate of drug-likeness (QED) is 0.200. The monoisotopic (exact) mass is 475 g/mol. The van der Waals surface area contributed by atoms with Crippen LogP contribution in [0.25, 0.3) is 22.7 Å². The lowest BCUT2D eigenvalue weighted by Crippen LogP contribution is -1.96. The number of nitrogens with zero attached hydrogens (tertiary/aromatic N) is 1. The molecular formula is C22H22INO3. The number of rotatable bonds is 9. The molecule has 0 aliphatic rings. The summed E-state index contributed by atoms with van der Waals surface area (Å²) in [5.74, 6) is 1.41. The molecule has 1 aromatic heterocycles. The number of carbonyl (C=O) groups excluding carboxylic acids is 1. The normalized spacial score (nSPS) is 10.7. The van der Waals surface area contributed by atoms with Crippen molar-refractivity contribution in [2.75, 3.05) is 6.61 Å². The molecule has 0 atom stereocenters.